The number of rotatable bonds is 3. The molecule has 1 amide bonds. The molecular formula is C15H13FN2O2S. The maximum Gasteiger partial charge on any atom is 0.256 e. The Kier molecular flexibility index (Phi) is 4.93. The number of amides is 1. The van der Waals surface area contributed by atoms with E-state index in [9.17, 15) is 9.18 Å². The Hall–Kier alpha value is -2.36. The molecule has 21 heavy (non-hydrogen) atoms. The first kappa shape index (κ1) is 15.0. The van der Waals surface area contributed by atoms with Gasteiger partial charge in [0.05, 0.1) is 24.1 Å². The molecule has 4 nitrogen and oxygen atoms in total. The molecular weight excluding hydrogens is 291 g/mol. The van der Waals surface area contributed by atoms with Crippen molar-refractivity contribution in [2.75, 3.05) is 19.0 Å². The van der Waals surface area contributed by atoms with E-state index >= 15 is 0 Å². The van der Waals surface area contributed by atoms with Gasteiger partial charge < -0.3 is 15.8 Å². The number of thiophene rings is 1. The molecule has 0 unspecified atom stereocenters. The minimum Gasteiger partial charge on any atom is -0.494 e. The molecule has 1 aromatic heterocycles. The van der Waals surface area contributed by atoms with Crippen LogP contribution in [0.15, 0.2) is 29.6 Å². The van der Waals surface area contributed by atoms with Crippen molar-refractivity contribution in [2.45, 2.75) is 0 Å². The van der Waals surface area contributed by atoms with Crippen molar-refractivity contribution in [1.29, 1.82) is 0 Å². The number of anilines is 1. The second-order valence-electron chi connectivity index (χ2n) is 4.01. The van der Waals surface area contributed by atoms with Gasteiger partial charge in [-0.2, -0.15) is 0 Å². The third-order valence-corrected chi connectivity index (χ3v) is 3.43. The molecule has 0 atom stereocenters. The van der Waals surface area contributed by atoms with Crippen LogP contribution >= 0.6 is 11.3 Å². The number of halogens is 1. The smallest absolute Gasteiger partial charge is 0.256 e. The van der Waals surface area contributed by atoms with Crippen molar-refractivity contribution in [3.8, 4) is 17.6 Å². The van der Waals surface area contributed by atoms with E-state index in [1.165, 1.54) is 30.6 Å². The largest absolute Gasteiger partial charge is 0.494 e. The molecule has 0 aliphatic carbocycles. The minimum absolute atomic E-state index is 0.128. The molecule has 2 rings (SSSR count). The zero-order valence-electron chi connectivity index (χ0n) is 11.3. The Morgan fingerprint density at radius 3 is 2.95 bits per heavy atom. The molecule has 0 saturated heterocycles. The number of carbonyl (C=O) groups is 1. The third kappa shape index (κ3) is 3.81. The molecule has 1 aromatic carbocycles. The van der Waals surface area contributed by atoms with Gasteiger partial charge in [-0.1, -0.05) is 11.8 Å². The fourth-order valence-electron chi connectivity index (χ4n) is 1.61. The standard InChI is InChI=1S/C15H13FN2O2S/c1-20-14-5-4-11(8-13(14)16)18-15(19)10-7-12(21-9-10)3-2-6-17/h4-5,7-9H,6,17H2,1H3,(H,18,19). The van der Waals surface area contributed by atoms with Gasteiger partial charge in [-0.3, -0.25) is 4.79 Å². The highest BCUT2D eigenvalue weighted by Gasteiger charge is 2.10. The maximum atomic E-state index is 13.5. The van der Waals surface area contributed by atoms with Crippen molar-refractivity contribution in [2.24, 2.45) is 5.73 Å². The van der Waals surface area contributed by atoms with Crippen molar-refractivity contribution >= 4 is 22.9 Å². The first-order chi connectivity index (χ1) is 10.1. The normalized spacial score (nSPS) is 9.67. The second-order valence-corrected chi connectivity index (χ2v) is 4.92. The number of benzene rings is 1. The predicted octanol–water partition coefficient (Wildman–Crippen LogP) is 2.46. The van der Waals surface area contributed by atoms with Crippen LogP contribution in [0, 0.1) is 17.7 Å². The summed E-state index contributed by atoms with van der Waals surface area (Å²) in [6, 6.07) is 5.90. The van der Waals surface area contributed by atoms with Gasteiger partial charge in [0.15, 0.2) is 11.6 Å². The van der Waals surface area contributed by atoms with Gasteiger partial charge >= 0.3 is 0 Å². The average Bonchev–Trinajstić information content (AvgIpc) is 2.94. The summed E-state index contributed by atoms with van der Waals surface area (Å²) in [5.74, 6) is 4.85. The number of ether oxygens (including phenoxy) is 1. The molecule has 0 radical (unpaired) electrons. The number of nitrogens with one attached hydrogen (secondary N) is 1. The highest BCUT2D eigenvalue weighted by molar-refractivity contribution is 7.10. The van der Waals surface area contributed by atoms with Crippen molar-refractivity contribution < 1.29 is 13.9 Å². The van der Waals surface area contributed by atoms with Gasteiger partial charge in [0.25, 0.3) is 5.91 Å². The molecule has 0 spiro atoms. The lowest BCUT2D eigenvalue weighted by atomic mass is 10.2. The fraction of sp³-hybridized carbons (Fsp3) is 0.133. The SMILES string of the molecule is COc1ccc(NC(=O)c2csc(C#CCN)c2)cc1F. The van der Waals surface area contributed by atoms with Gasteiger partial charge in [-0.05, 0) is 18.2 Å². The molecule has 0 aliphatic heterocycles. The number of methoxy groups -OCH3 is 1. The first-order valence-corrected chi connectivity index (χ1v) is 6.94. The zero-order valence-corrected chi connectivity index (χ0v) is 12.1. The molecule has 2 aromatic rings. The van der Waals surface area contributed by atoms with E-state index in [4.69, 9.17) is 10.5 Å². The van der Waals surface area contributed by atoms with Crippen LogP contribution in [0.3, 0.4) is 0 Å². The summed E-state index contributed by atoms with van der Waals surface area (Å²) in [6.45, 7) is 0.268. The van der Waals surface area contributed by atoms with E-state index in [0.29, 0.717) is 11.3 Å². The molecule has 0 fully saturated rings. The summed E-state index contributed by atoms with van der Waals surface area (Å²) >= 11 is 1.35. The first-order valence-electron chi connectivity index (χ1n) is 6.06. The molecule has 3 N–H and O–H groups in total. The van der Waals surface area contributed by atoms with E-state index in [-0.39, 0.29) is 18.2 Å². The van der Waals surface area contributed by atoms with Gasteiger partial charge in [0.2, 0.25) is 0 Å². The number of hydrogen-bond acceptors (Lipinski definition) is 4. The topological polar surface area (TPSA) is 64.3 Å². The van der Waals surface area contributed by atoms with Gasteiger partial charge in [0.1, 0.15) is 0 Å². The number of nitrogens with two attached hydrogens (primary N) is 1. The highest BCUT2D eigenvalue weighted by Crippen LogP contribution is 2.21. The van der Waals surface area contributed by atoms with Crippen LogP contribution in [0.4, 0.5) is 10.1 Å². The lowest BCUT2D eigenvalue weighted by Gasteiger charge is -2.06. The lowest BCUT2D eigenvalue weighted by Crippen LogP contribution is -2.11. The minimum atomic E-state index is -0.532. The molecule has 1 heterocycles. The highest BCUT2D eigenvalue weighted by atomic mass is 32.1. The van der Waals surface area contributed by atoms with Crippen molar-refractivity contribution in [1.82, 2.24) is 0 Å². The van der Waals surface area contributed by atoms with E-state index in [2.05, 4.69) is 17.2 Å². The van der Waals surface area contributed by atoms with Crippen LogP contribution in [-0.2, 0) is 0 Å². The van der Waals surface area contributed by atoms with E-state index in [0.717, 1.165) is 4.88 Å². The molecule has 6 heteroatoms. The Labute approximate surface area is 125 Å². The summed E-state index contributed by atoms with van der Waals surface area (Å²) in [6.07, 6.45) is 0. The number of carbonyl (C=O) groups excluding carboxylic acids is 1. The maximum absolute atomic E-state index is 13.5. The van der Waals surface area contributed by atoms with Crippen LogP contribution in [0.5, 0.6) is 5.75 Å². The Morgan fingerprint density at radius 2 is 2.29 bits per heavy atom. The zero-order chi connectivity index (χ0) is 15.2. The fourth-order valence-corrected chi connectivity index (χ4v) is 2.36. The summed E-state index contributed by atoms with van der Waals surface area (Å²) in [5, 5.41) is 4.31. The second kappa shape index (κ2) is 6.88. The summed E-state index contributed by atoms with van der Waals surface area (Å²) in [7, 11) is 1.38. The quantitative estimate of drug-likeness (QED) is 0.856. The third-order valence-electron chi connectivity index (χ3n) is 2.58. The van der Waals surface area contributed by atoms with Crippen molar-refractivity contribution in [3.63, 3.8) is 0 Å². The average molecular weight is 304 g/mol. The van der Waals surface area contributed by atoms with Gasteiger partial charge in [-0.15, -0.1) is 11.3 Å². The van der Waals surface area contributed by atoms with E-state index in [1.54, 1.807) is 17.5 Å². The summed E-state index contributed by atoms with van der Waals surface area (Å²) < 4.78 is 18.4. The Bertz CT molecular complexity index is 716. The number of hydrogen-bond donors (Lipinski definition) is 2. The van der Waals surface area contributed by atoms with Gasteiger partial charge in [0, 0.05) is 17.1 Å². The van der Waals surface area contributed by atoms with Crippen LogP contribution in [0.25, 0.3) is 0 Å². The summed E-state index contributed by atoms with van der Waals surface area (Å²) in [5.41, 5.74) is 6.12. The molecule has 108 valence electrons. The monoisotopic (exact) mass is 304 g/mol. The van der Waals surface area contributed by atoms with Gasteiger partial charge in [-0.25, -0.2) is 4.39 Å². The Morgan fingerprint density at radius 1 is 1.48 bits per heavy atom. The predicted molar refractivity (Wildman–Crippen MR) is 81.2 cm³/mol. The van der Waals surface area contributed by atoms with Crippen LogP contribution in [0.1, 0.15) is 15.2 Å². The van der Waals surface area contributed by atoms with Crippen LogP contribution in [0.2, 0.25) is 0 Å². The summed E-state index contributed by atoms with van der Waals surface area (Å²) in [4.78, 5) is 12.8. The molecule has 0 bridgehead atoms. The van der Waals surface area contributed by atoms with E-state index < -0.39 is 5.82 Å². The lowest BCUT2D eigenvalue weighted by molar-refractivity contribution is 0.102. The van der Waals surface area contributed by atoms with Crippen molar-refractivity contribution in [3.05, 3.63) is 45.9 Å². The molecule has 0 saturated carbocycles. The van der Waals surface area contributed by atoms with Crippen LogP contribution in [-0.4, -0.2) is 19.6 Å². The van der Waals surface area contributed by atoms with E-state index in [1.807, 2.05) is 0 Å². The van der Waals surface area contributed by atoms with Crippen LogP contribution < -0.4 is 15.8 Å². The Balaban J connectivity index is 2.10. The molecule has 0 aliphatic rings.